The number of aromatic nitrogens is 8. The molecule has 8 aromatic rings. The lowest BCUT2D eigenvalue weighted by Gasteiger charge is -2.33. The van der Waals surface area contributed by atoms with Gasteiger partial charge in [-0.3, -0.25) is 47.2 Å². The quantitative estimate of drug-likeness (QED) is 0.0444. The van der Waals surface area contributed by atoms with Crippen molar-refractivity contribution in [1.29, 1.82) is 0 Å². The van der Waals surface area contributed by atoms with E-state index in [9.17, 15) is 64.3 Å². The van der Waals surface area contributed by atoms with Crippen molar-refractivity contribution >= 4 is 92.7 Å². The fourth-order valence-corrected chi connectivity index (χ4v) is 23.1. The monoisotopic (exact) mass is 1720 g/mol. The molecule has 3 aliphatic rings. The molecule has 0 aliphatic carbocycles. The van der Waals surface area contributed by atoms with Crippen molar-refractivity contribution in [2.45, 2.75) is 153 Å². The molecular weight excluding hydrogens is 1630 g/mol. The number of aromatic carboxylic acids is 1. The number of alkyl halides is 6. The van der Waals surface area contributed by atoms with E-state index in [0.29, 0.717) is 54.9 Å². The van der Waals surface area contributed by atoms with Gasteiger partial charge in [-0.25, -0.2) is 37.7 Å². The summed E-state index contributed by atoms with van der Waals surface area (Å²) in [5, 5.41) is 17.4. The van der Waals surface area contributed by atoms with E-state index in [1.54, 1.807) is 88.4 Å². The number of carbonyl (C=O) groups is 2. The maximum atomic E-state index is 14.4. The standard InChI is InChI=1S/C31H29ClF3N5O3S.C26H20ClF3N4O4S.C9H21O6P3.C6H15N.C5H11N/c1-4-43-27-25(13-20(32)16-37-27)40-24(12-18(2)3)21(29(41)39-10-6-5-7-11-39)14-22(30(40)42)28-38-23(17-44-28)19-8-9-26(36-15-19)31(33,34)35;1-4-38-22-20(8-15(27)11-32-22)34-19(7-13(2)3)16(25(36)37)9-17(24(34)35)23-33-18(12-39-23)14-5-6-21(31-10-14)26(28,29)30;1-4-7-16(10)13-17(11,8-5-2)15-18(12,14-16)9-6-3;1-4-7(5-2)6-3;1-2-4-6-5-3-1/h8-9,12-17H,4-7,10-11H2,1-3H3;5-12H,4H2,1-3H3,(H,36,37);4-9H2,1-3H3;4-6H2,1-3H3;6H,1-5H2. The van der Waals surface area contributed by atoms with Crippen LogP contribution < -0.4 is 25.9 Å². The number of hydrogen-bond acceptors (Lipinski definition) is 22. The van der Waals surface area contributed by atoms with E-state index in [1.165, 1.54) is 93.2 Å². The maximum absolute atomic E-state index is 14.4. The lowest BCUT2D eigenvalue weighted by molar-refractivity contribution is -0.141. The number of pyridine rings is 6. The second-order valence-electron chi connectivity index (χ2n) is 26.5. The van der Waals surface area contributed by atoms with Gasteiger partial charge in [-0.2, -0.15) is 26.3 Å². The molecule has 3 saturated heterocycles. The molecule has 0 saturated carbocycles. The number of hydrogen-bond donors (Lipinski definition) is 2. The number of thiazole rings is 2. The van der Waals surface area contributed by atoms with Crippen LogP contribution >= 0.6 is 68.7 Å². The lowest BCUT2D eigenvalue weighted by Crippen LogP contribution is -2.37. The first-order valence-electron chi connectivity index (χ1n) is 37.4. The number of halogens is 8. The molecule has 3 fully saturated rings. The minimum Gasteiger partial charge on any atom is -0.478 e. The summed E-state index contributed by atoms with van der Waals surface area (Å²) < 4.78 is 144. The highest BCUT2D eigenvalue weighted by Gasteiger charge is 2.51. The molecule has 620 valence electrons. The number of nitrogens with one attached hydrogen (secondary N) is 1. The van der Waals surface area contributed by atoms with Crippen molar-refractivity contribution in [2.75, 3.05) is 77.5 Å². The average molecular weight is 1730 g/mol. The smallest absolute Gasteiger partial charge is 0.433 e. The zero-order chi connectivity index (χ0) is 83.9. The third kappa shape index (κ3) is 25.7. The number of piperidine rings is 2. The van der Waals surface area contributed by atoms with Crippen molar-refractivity contribution in [3.05, 3.63) is 160 Å². The Labute approximate surface area is 677 Å². The van der Waals surface area contributed by atoms with Crippen molar-refractivity contribution in [1.82, 2.24) is 54.2 Å². The van der Waals surface area contributed by atoms with Gasteiger partial charge >= 0.3 is 41.1 Å². The van der Waals surface area contributed by atoms with Crippen molar-refractivity contribution in [2.24, 2.45) is 0 Å². The Morgan fingerprint density at radius 1 is 0.570 bits per heavy atom. The number of carboxylic acid groups (broad SMARTS) is 1. The number of ether oxygens (including phenoxy) is 2. The summed E-state index contributed by atoms with van der Waals surface area (Å²) in [6.45, 7) is 30.4. The van der Waals surface area contributed by atoms with Crippen LogP contribution in [0.3, 0.4) is 0 Å². The first kappa shape index (κ1) is 93.6. The molecule has 37 heteroatoms. The number of carbonyl (C=O) groups excluding carboxylic acids is 1. The Hall–Kier alpha value is -7.57. The average Bonchev–Trinajstić information content (AvgIpc) is 1.12. The zero-order valence-electron chi connectivity index (χ0n) is 65.6. The van der Waals surface area contributed by atoms with Crippen molar-refractivity contribution < 1.29 is 77.1 Å². The molecular formula is C77H96Cl2F6N11O13P3S2. The van der Waals surface area contributed by atoms with Gasteiger partial charge in [-0.05, 0) is 186 Å². The van der Waals surface area contributed by atoms with Gasteiger partial charge < -0.3 is 29.7 Å². The molecule has 1 amide bonds. The highest BCUT2D eigenvalue weighted by Crippen LogP contribution is 2.82. The van der Waals surface area contributed by atoms with Crippen LogP contribution in [0.5, 0.6) is 11.8 Å². The first-order valence-corrected chi connectivity index (χ1v) is 45.1. The van der Waals surface area contributed by atoms with Crippen LogP contribution in [0, 0.1) is 0 Å². The van der Waals surface area contributed by atoms with Crippen LogP contribution in [0.2, 0.25) is 10.0 Å². The summed E-state index contributed by atoms with van der Waals surface area (Å²) in [5.41, 5.74) is 0.641. The fourth-order valence-electron chi connectivity index (χ4n) is 11.8. The number of nitrogens with zero attached hydrogens (tertiary/aromatic N) is 10. The Morgan fingerprint density at radius 2 is 0.956 bits per heavy atom. The van der Waals surface area contributed by atoms with Crippen LogP contribution in [-0.2, 0) is 39.0 Å². The normalized spacial score (nSPS) is 17.5. The van der Waals surface area contributed by atoms with Crippen LogP contribution in [-0.4, -0.2) is 143 Å². The van der Waals surface area contributed by atoms with Gasteiger partial charge in [0.1, 0.15) is 32.8 Å². The summed E-state index contributed by atoms with van der Waals surface area (Å²) in [6.07, 6.45) is 7.96. The molecule has 114 heavy (non-hydrogen) atoms. The topological polar surface area (TPSA) is 292 Å². The second kappa shape index (κ2) is 43.0. The molecule has 0 bridgehead atoms. The summed E-state index contributed by atoms with van der Waals surface area (Å²) in [5.74, 6) is -1.30. The number of allylic oxidation sites excluding steroid dienone is 2. The molecule has 0 unspecified atom stereocenters. The zero-order valence-corrected chi connectivity index (χ0v) is 71.4. The van der Waals surface area contributed by atoms with Gasteiger partial charge in [0.05, 0.1) is 86.8 Å². The van der Waals surface area contributed by atoms with Crippen LogP contribution in [0.15, 0.2) is 105 Å². The molecule has 8 aromatic heterocycles. The Kier molecular flexibility index (Phi) is 35.3. The SMILES string of the molecule is C1CCNCC1.CCCP1(=O)OP(=O)(CCC)OP(=O)(CCC)O1.CCN(CC)CC.CCOc1ncc(Cl)cc1-n1c(C=C(C)C)c(C(=O)N2CCCCC2)cc(-c2nc(-c3ccc(C(F)(F)F)nc3)cs2)c1=O.CCOc1ncc(Cl)cc1-n1c(C=C(C)C)c(C(=O)O)cc(-c2nc(-c3ccc(C(F)(F)F)nc3)cs2)c1=O. The Bertz CT molecular complexity index is 4830. The first-order chi connectivity index (χ1) is 54.0. The molecule has 3 aliphatic heterocycles. The van der Waals surface area contributed by atoms with Crippen LogP contribution in [0.1, 0.15) is 184 Å². The second-order valence-corrected chi connectivity index (χ2v) is 36.1. The number of rotatable bonds is 23. The van der Waals surface area contributed by atoms with E-state index in [1.807, 2.05) is 13.8 Å². The molecule has 0 aromatic carbocycles. The van der Waals surface area contributed by atoms with E-state index >= 15 is 0 Å². The van der Waals surface area contributed by atoms with Gasteiger partial charge in [0.2, 0.25) is 11.8 Å². The summed E-state index contributed by atoms with van der Waals surface area (Å²) in [6, 6.07) is 10.00. The van der Waals surface area contributed by atoms with E-state index < -0.39 is 63.6 Å². The molecule has 0 atom stereocenters. The van der Waals surface area contributed by atoms with Crippen LogP contribution in [0.4, 0.5) is 26.3 Å². The van der Waals surface area contributed by atoms with E-state index in [4.69, 9.17) is 45.6 Å². The third-order valence-electron chi connectivity index (χ3n) is 17.0. The van der Waals surface area contributed by atoms with Crippen LogP contribution in [0.25, 0.3) is 67.2 Å². The largest absolute Gasteiger partial charge is 0.478 e. The molecule has 24 nitrogen and oxygen atoms in total. The van der Waals surface area contributed by atoms with E-state index in [0.717, 1.165) is 82.2 Å². The van der Waals surface area contributed by atoms with Crippen molar-refractivity contribution in [3.63, 3.8) is 0 Å². The van der Waals surface area contributed by atoms with Gasteiger partial charge in [0.15, 0.2) is 0 Å². The minimum atomic E-state index is -4.59. The van der Waals surface area contributed by atoms with Gasteiger partial charge in [0.25, 0.3) is 17.0 Å². The summed E-state index contributed by atoms with van der Waals surface area (Å²) in [4.78, 5) is 83.4. The summed E-state index contributed by atoms with van der Waals surface area (Å²) >= 11 is 14.7. The number of amides is 1. The lowest BCUT2D eigenvalue weighted by atomic mass is 10.0. The fraction of sp³-hybridized carbons (Fsp3) is 0.455. The minimum absolute atomic E-state index is 0.0446. The third-order valence-corrected chi connectivity index (χ3v) is 28.2. The van der Waals surface area contributed by atoms with E-state index in [-0.39, 0.29) is 114 Å². The summed E-state index contributed by atoms with van der Waals surface area (Å²) in [7, 11) is -10.7. The Morgan fingerprint density at radius 3 is 1.26 bits per heavy atom. The maximum Gasteiger partial charge on any atom is 0.433 e. The molecule has 11 rings (SSSR count). The predicted molar refractivity (Wildman–Crippen MR) is 438 cm³/mol. The van der Waals surface area contributed by atoms with Crippen molar-refractivity contribution in [3.8, 4) is 66.8 Å². The number of carboxylic acids is 1. The highest BCUT2D eigenvalue weighted by atomic mass is 35.5. The molecule has 2 N–H and O–H groups in total. The highest BCUT2D eigenvalue weighted by molar-refractivity contribution is 7.80. The van der Waals surface area contributed by atoms with Gasteiger partial charge in [-0.15, -0.1) is 22.7 Å². The van der Waals surface area contributed by atoms with E-state index in [2.05, 4.69) is 60.9 Å². The van der Waals surface area contributed by atoms with Gasteiger partial charge in [-0.1, -0.05) is 82.3 Å². The van der Waals surface area contributed by atoms with Gasteiger partial charge in [0, 0.05) is 59.8 Å². The molecule has 0 spiro atoms. The predicted octanol–water partition coefficient (Wildman–Crippen LogP) is 21.1. The Balaban J connectivity index is 0.000000232. The molecule has 11 heterocycles. The molecule has 0 radical (unpaired) electrons. The number of likely N-dealkylation sites (tertiary alicyclic amines) is 1.